The first kappa shape index (κ1) is 13.5. The average Bonchev–Trinajstić information content (AvgIpc) is 2.29. The number of nitrogens with two attached hydrogens (primary N) is 1. The van der Waals surface area contributed by atoms with E-state index in [9.17, 15) is 4.79 Å². The fourth-order valence-corrected chi connectivity index (χ4v) is 1.72. The van der Waals surface area contributed by atoms with Gasteiger partial charge in [0.05, 0.1) is 7.11 Å². The Hall–Kier alpha value is -1.55. The van der Waals surface area contributed by atoms with Crippen LogP contribution in [-0.2, 0) is 11.2 Å². The van der Waals surface area contributed by atoms with Crippen molar-refractivity contribution in [2.24, 2.45) is 5.84 Å². The van der Waals surface area contributed by atoms with Gasteiger partial charge in [0.1, 0.15) is 5.75 Å². The number of hydrogen-bond acceptors (Lipinski definition) is 3. The van der Waals surface area contributed by atoms with Gasteiger partial charge in [-0.25, -0.2) is 5.84 Å². The van der Waals surface area contributed by atoms with Gasteiger partial charge in [0.15, 0.2) is 0 Å². The minimum Gasteiger partial charge on any atom is -0.496 e. The molecule has 2 N–H and O–H groups in total. The molecule has 0 atom stereocenters. The molecule has 0 bridgehead atoms. The number of hydrogen-bond donors (Lipinski definition) is 1. The third kappa shape index (κ3) is 4.07. The highest BCUT2D eigenvalue weighted by molar-refractivity contribution is 5.75. The van der Waals surface area contributed by atoms with E-state index >= 15 is 0 Å². The Labute approximate surface area is 102 Å². The maximum Gasteiger partial charge on any atom is 0.236 e. The van der Waals surface area contributed by atoms with Crippen molar-refractivity contribution in [1.29, 1.82) is 0 Å². The minimum absolute atomic E-state index is 0.0322. The summed E-state index contributed by atoms with van der Waals surface area (Å²) in [4.78, 5) is 11.3. The molecule has 0 heterocycles. The monoisotopic (exact) mass is 236 g/mol. The summed E-state index contributed by atoms with van der Waals surface area (Å²) < 4.78 is 5.20. The second-order valence-corrected chi connectivity index (χ2v) is 4.16. The summed E-state index contributed by atoms with van der Waals surface area (Å²) in [5.41, 5.74) is 2.34. The lowest BCUT2D eigenvalue weighted by atomic mass is 10.0. The van der Waals surface area contributed by atoms with Gasteiger partial charge in [-0.15, -0.1) is 0 Å². The zero-order valence-corrected chi connectivity index (χ0v) is 10.7. The zero-order valence-electron chi connectivity index (χ0n) is 10.7. The molecule has 0 spiro atoms. The summed E-state index contributed by atoms with van der Waals surface area (Å²) in [6, 6.07) is 6.08. The standard InChI is InChI=1S/C13H20N2O2/c1-10-9-11(7-8-12(10)17-3)5-4-6-13(16)15(2)14/h7-9H,4-6,14H2,1-3H3. The number of hydrazine groups is 1. The second-order valence-electron chi connectivity index (χ2n) is 4.16. The quantitative estimate of drug-likeness (QED) is 0.480. The van der Waals surface area contributed by atoms with Gasteiger partial charge in [0.25, 0.3) is 0 Å². The summed E-state index contributed by atoms with van der Waals surface area (Å²) in [5.74, 6) is 6.21. The summed E-state index contributed by atoms with van der Waals surface area (Å²) in [7, 11) is 3.23. The van der Waals surface area contributed by atoms with Crippen LogP contribution in [0, 0.1) is 6.92 Å². The lowest BCUT2D eigenvalue weighted by molar-refractivity contribution is -0.130. The van der Waals surface area contributed by atoms with E-state index in [1.165, 1.54) is 5.56 Å². The minimum atomic E-state index is -0.0322. The second kappa shape index (κ2) is 6.25. The van der Waals surface area contributed by atoms with Gasteiger partial charge in [0.2, 0.25) is 5.91 Å². The van der Waals surface area contributed by atoms with Crippen LogP contribution < -0.4 is 10.6 Å². The van der Waals surface area contributed by atoms with Crippen LogP contribution in [-0.4, -0.2) is 25.1 Å². The molecular formula is C13H20N2O2. The Morgan fingerprint density at radius 1 is 1.47 bits per heavy atom. The number of nitrogens with zero attached hydrogens (tertiary/aromatic N) is 1. The van der Waals surface area contributed by atoms with Crippen LogP contribution in [0.1, 0.15) is 24.0 Å². The summed E-state index contributed by atoms with van der Waals surface area (Å²) in [6.07, 6.45) is 2.18. The zero-order chi connectivity index (χ0) is 12.8. The highest BCUT2D eigenvalue weighted by Crippen LogP contribution is 2.19. The van der Waals surface area contributed by atoms with E-state index in [0.29, 0.717) is 6.42 Å². The molecule has 0 saturated heterocycles. The maximum absolute atomic E-state index is 11.3. The van der Waals surface area contributed by atoms with Crippen LogP contribution in [0.3, 0.4) is 0 Å². The molecule has 1 rings (SSSR count). The average molecular weight is 236 g/mol. The molecule has 1 aromatic rings. The van der Waals surface area contributed by atoms with Gasteiger partial charge >= 0.3 is 0 Å². The number of amides is 1. The molecule has 0 unspecified atom stereocenters. The normalized spacial score (nSPS) is 10.1. The third-order valence-electron chi connectivity index (χ3n) is 2.71. The van der Waals surface area contributed by atoms with E-state index in [-0.39, 0.29) is 5.91 Å². The molecule has 0 aliphatic carbocycles. The van der Waals surface area contributed by atoms with Crippen molar-refractivity contribution in [3.8, 4) is 5.75 Å². The van der Waals surface area contributed by atoms with E-state index in [4.69, 9.17) is 10.6 Å². The van der Waals surface area contributed by atoms with Gasteiger partial charge in [-0.1, -0.05) is 12.1 Å². The maximum atomic E-state index is 11.3. The van der Waals surface area contributed by atoms with Crippen LogP contribution >= 0.6 is 0 Å². The van der Waals surface area contributed by atoms with E-state index < -0.39 is 0 Å². The number of carbonyl (C=O) groups excluding carboxylic acids is 1. The molecule has 94 valence electrons. The van der Waals surface area contributed by atoms with Crippen molar-refractivity contribution < 1.29 is 9.53 Å². The van der Waals surface area contributed by atoms with Crippen molar-refractivity contribution in [1.82, 2.24) is 5.01 Å². The first-order valence-corrected chi connectivity index (χ1v) is 5.69. The topological polar surface area (TPSA) is 55.6 Å². The Bertz CT molecular complexity index is 389. The van der Waals surface area contributed by atoms with E-state index in [1.54, 1.807) is 14.2 Å². The van der Waals surface area contributed by atoms with Crippen LogP contribution in [0.4, 0.5) is 0 Å². The largest absolute Gasteiger partial charge is 0.496 e. The number of aryl methyl sites for hydroxylation is 2. The van der Waals surface area contributed by atoms with Gasteiger partial charge in [-0.05, 0) is 37.0 Å². The molecule has 4 nitrogen and oxygen atoms in total. The fourth-order valence-electron chi connectivity index (χ4n) is 1.72. The van der Waals surface area contributed by atoms with E-state index in [2.05, 4.69) is 6.07 Å². The number of carbonyl (C=O) groups is 1. The number of rotatable bonds is 5. The smallest absolute Gasteiger partial charge is 0.236 e. The van der Waals surface area contributed by atoms with E-state index in [1.807, 2.05) is 19.1 Å². The van der Waals surface area contributed by atoms with Gasteiger partial charge in [-0.3, -0.25) is 9.80 Å². The van der Waals surface area contributed by atoms with Crippen molar-refractivity contribution >= 4 is 5.91 Å². The highest BCUT2D eigenvalue weighted by Gasteiger charge is 2.05. The molecule has 0 aromatic heterocycles. The van der Waals surface area contributed by atoms with Crippen LogP contribution in [0.25, 0.3) is 0 Å². The third-order valence-corrected chi connectivity index (χ3v) is 2.71. The Kier molecular flexibility index (Phi) is 4.97. The SMILES string of the molecule is COc1ccc(CCCC(=O)N(C)N)cc1C. The molecule has 0 aliphatic heterocycles. The van der Waals surface area contributed by atoms with Crippen LogP contribution in [0.2, 0.25) is 0 Å². The van der Waals surface area contributed by atoms with E-state index in [0.717, 1.165) is 29.2 Å². The lowest BCUT2D eigenvalue weighted by Gasteiger charge is -2.10. The molecule has 1 amide bonds. The predicted molar refractivity (Wildman–Crippen MR) is 67.6 cm³/mol. The molecule has 0 saturated carbocycles. The highest BCUT2D eigenvalue weighted by atomic mass is 16.5. The van der Waals surface area contributed by atoms with Crippen LogP contribution in [0.15, 0.2) is 18.2 Å². The van der Waals surface area contributed by atoms with Crippen molar-refractivity contribution in [3.05, 3.63) is 29.3 Å². The number of methoxy groups -OCH3 is 1. The van der Waals surface area contributed by atoms with Gasteiger partial charge < -0.3 is 4.74 Å². The van der Waals surface area contributed by atoms with Crippen molar-refractivity contribution in [2.45, 2.75) is 26.2 Å². The Balaban J connectivity index is 2.47. The van der Waals surface area contributed by atoms with Crippen LogP contribution in [0.5, 0.6) is 5.75 Å². The van der Waals surface area contributed by atoms with Gasteiger partial charge in [-0.2, -0.15) is 0 Å². The molecule has 0 aliphatic rings. The summed E-state index contributed by atoms with van der Waals surface area (Å²) in [5, 5.41) is 1.14. The number of ether oxygens (including phenoxy) is 1. The summed E-state index contributed by atoms with van der Waals surface area (Å²) in [6.45, 7) is 2.02. The molecule has 0 radical (unpaired) electrons. The molecular weight excluding hydrogens is 216 g/mol. The first-order chi connectivity index (χ1) is 8.04. The lowest BCUT2D eigenvalue weighted by Crippen LogP contribution is -2.32. The first-order valence-electron chi connectivity index (χ1n) is 5.69. The fraction of sp³-hybridized carbons (Fsp3) is 0.462. The predicted octanol–water partition coefficient (Wildman–Crippen LogP) is 1.66. The van der Waals surface area contributed by atoms with Gasteiger partial charge in [0, 0.05) is 13.5 Å². The van der Waals surface area contributed by atoms with Crippen molar-refractivity contribution in [3.63, 3.8) is 0 Å². The summed E-state index contributed by atoms with van der Waals surface area (Å²) >= 11 is 0. The Morgan fingerprint density at radius 3 is 2.71 bits per heavy atom. The molecule has 0 fully saturated rings. The molecule has 1 aromatic carbocycles. The van der Waals surface area contributed by atoms with Crippen molar-refractivity contribution in [2.75, 3.05) is 14.2 Å². The Morgan fingerprint density at radius 2 is 2.18 bits per heavy atom. The number of benzene rings is 1. The molecule has 4 heteroatoms. The molecule has 17 heavy (non-hydrogen) atoms.